The van der Waals surface area contributed by atoms with E-state index in [1.54, 1.807) is 29.0 Å². The lowest BCUT2D eigenvalue weighted by Gasteiger charge is -2.23. The van der Waals surface area contributed by atoms with Crippen LogP contribution >= 0.6 is 0 Å². The van der Waals surface area contributed by atoms with E-state index >= 15 is 0 Å². The maximum atomic E-state index is 13.0. The van der Waals surface area contributed by atoms with Crippen molar-refractivity contribution in [1.29, 1.82) is 0 Å². The smallest absolute Gasteiger partial charge is 0.258 e. The normalized spacial score (nSPS) is 14.4. The number of rotatable bonds is 5. The van der Waals surface area contributed by atoms with Crippen LogP contribution in [0.5, 0.6) is 5.75 Å². The number of hydrogen-bond acceptors (Lipinski definition) is 3. The van der Waals surface area contributed by atoms with Crippen LogP contribution in [0.15, 0.2) is 71.7 Å². The Hall–Kier alpha value is -3.38. The summed E-state index contributed by atoms with van der Waals surface area (Å²) in [6.45, 7) is 7.88. The molecule has 0 radical (unpaired) electrons. The van der Waals surface area contributed by atoms with Crippen molar-refractivity contribution in [3.05, 3.63) is 94.3 Å². The van der Waals surface area contributed by atoms with Crippen LogP contribution in [0.3, 0.4) is 0 Å². The van der Waals surface area contributed by atoms with E-state index in [0.717, 1.165) is 42.7 Å². The molecule has 6 heteroatoms. The highest BCUT2D eigenvalue weighted by molar-refractivity contribution is 5.83. The first-order chi connectivity index (χ1) is 16.0. The maximum Gasteiger partial charge on any atom is 0.258 e. The van der Waals surface area contributed by atoms with Crippen molar-refractivity contribution in [2.24, 2.45) is 0 Å². The molecule has 1 aliphatic rings. The first kappa shape index (κ1) is 21.5. The van der Waals surface area contributed by atoms with Crippen molar-refractivity contribution in [3.8, 4) is 11.4 Å². The summed E-state index contributed by atoms with van der Waals surface area (Å²) in [5.74, 6) is 0.211. The van der Waals surface area contributed by atoms with Gasteiger partial charge in [0, 0.05) is 66.6 Å². The summed E-state index contributed by atoms with van der Waals surface area (Å²) >= 11 is 0. The van der Waals surface area contributed by atoms with Gasteiger partial charge in [-0.05, 0) is 61.9 Å². The summed E-state index contributed by atoms with van der Waals surface area (Å²) in [5.41, 5.74) is 4.09. The molecule has 0 spiro atoms. The lowest BCUT2D eigenvalue weighted by molar-refractivity contribution is 0.227. The molecule has 1 aliphatic heterocycles. The van der Waals surface area contributed by atoms with Crippen LogP contribution in [0.1, 0.15) is 25.1 Å². The van der Waals surface area contributed by atoms with Gasteiger partial charge in [0.05, 0.1) is 0 Å². The summed E-state index contributed by atoms with van der Waals surface area (Å²) in [6, 6.07) is 18.4. The lowest BCUT2D eigenvalue weighted by atomic mass is 10.2. The minimum Gasteiger partial charge on any atom is -0.489 e. The molecule has 2 aromatic carbocycles. The second kappa shape index (κ2) is 8.87. The zero-order valence-corrected chi connectivity index (χ0v) is 19.0. The van der Waals surface area contributed by atoms with Crippen molar-refractivity contribution >= 4 is 10.9 Å². The van der Waals surface area contributed by atoms with Crippen molar-refractivity contribution in [3.63, 3.8) is 0 Å². The molecule has 0 atom stereocenters. The van der Waals surface area contributed by atoms with E-state index in [0.29, 0.717) is 11.8 Å². The van der Waals surface area contributed by atoms with Crippen LogP contribution in [0.25, 0.3) is 16.6 Å². The molecule has 0 N–H and O–H groups in total. The van der Waals surface area contributed by atoms with Crippen LogP contribution in [-0.4, -0.2) is 33.2 Å². The average molecular weight is 446 g/mol. The zero-order valence-electron chi connectivity index (χ0n) is 19.0. The highest BCUT2D eigenvalue weighted by atomic mass is 19.1. The molecule has 3 heterocycles. The topological polar surface area (TPSA) is 39.4 Å². The number of benzene rings is 2. The number of ether oxygens (including phenoxy) is 1. The standard InChI is InChI=1S/C27H28FN3O2/c1-19(2)29-11-9-24-16-21-15-23(7-8-26(21)30(24)14-13-29)31-12-10-25(17-27(31)32)33-18-20-3-5-22(28)6-4-20/h3-8,10,12,15-17,19H,9,11,13-14,18H2,1-2H3. The Bertz CT molecular complexity index is 1340. The third kappa shape index (κ3) is 4.44. The number of fused-ring (bicyclic) bond motifs is 3. The van der Waals surface area contributed by atoms with E-state index in [1.807, 2.05) is 6.07 Å². The minimum atomic E-state index is -0.282. The summed E-state index contributed by atoms with van der Waals surface area (Å²) in [6.07, 6.45) is 2.77. The van der Waals surface area contributed by atoms with Crippen molar-refractivity contribution < 1.29 is 9.13 Å². The molecule has 33 heavy (non-hydrogen) atoms. The molecule has 0 amide bonds. The van der Waals surface area contributed by atoms with E-state index in [9.17, 15) is 9.18 Å². The molecule has 4 aromatic rings. The lowest BCUT2D eigenvalue weighted by Crippen LogP contribution is -2.33. The Morgan fingerprint density at radius 3 is 2.55 bits per heavy atom. The molecule has 0 fully saturated rings. The molecular formula is C27H28FN3O2. The van der Waals surface area contributed by atoms with Crippen LogP contribution in [-0.2, 0) is 19.6 Å². The number of hydrogen-bond donors (Lipinski definition) is 0. The predicted molar refractivity (Wildman–Crippen MR) is 129 cm³/mol. The second-order valence-corrected chi connectivity index (χ2v) is 8.90. The van der Waals surface area contributed by atoms with Gasteiger partial charge >= 0.3 is 0 Å². The first-order valence-electron chi connectivity index (χ1n) is 11.4. The summed E-state index contributed by atoms with van der Waals surface area (Å²) < 4.78 is 22.8. The average Bonchev–Trinajstić information content (AvgIpc) is 3.01. The van der Waals surface area contributed by atoms with Crippen LogP contribution in [0.4, 0.5) is 4.39 Å². The molecule has 5 rings (SSSR count). The Labute approximate surface area is 192 Å². The quantitative estimate of drug-likeness (QED) is 0.444. The number of nitrogens with zero attached hydrogens (tertiary/aromatic N) is 3. The van der Waals surface area contributed by atoms with Gasteiger partial charge in [-0.2, -0.15) is 0 Å². The Kier molecular flexibility index (Phi) is 5.77. The summed E-state index contributed by atoms with van der Waals surface area (Å²) in [5, 5.41) is 1.16. The van der Waals surface area contributed by atoms with Gasteiger partial charge in [-0.15, -0.1) is 0 Å². The van der Waals surface area contributed by atoms with Crippen LogP contribution < -0.4 is 10.3 Å². The van der Waals surface area contributed by atoms with E-state index < -0.39 is 0 Å². The van der Waals surface area contributed by atoms with E-state index in [1.165, 1.54) is 29.4 Å². The van der Waals surface area contributed by atoms with Crippen molar-refractivity contribution in [2.45, 2.75) is 39.5 Å². The highest BCUT2D eigenvalue weighted by Gasteiger charge is 2.18. The van der Waals surface area contributed by atoms with E-state index in [2.05, 4.69) is 41.5 Å². The largest absolute Gasteiger partial charge is 0.489 e. The summed E-state index contributed by atoms with van der Waals surface area (Å²) in [4.78, 5) is 15.3. The molecule has 0 unspecified atom stereocenters. The van der Waals surface area contributed by atoms with Gasteiger partial charge in [0.15, 0.2) is 0 Å². The first-order valence-corrected chi connectivity index (χ1v) is 11.4. The third-order valence-corrected chi connectivity index (χ3v) is 6.45. The second-order valence-electron chi connectivity index (χ2n) is 8.90. The number of pyridine rings is 1. The number of halogens is 1. The van der Waals surface area contributed by atoms with Crippen LogP contribution in [0.2, 0.25) is 0 Å². The molecule has 0 aliphatic carbocycles. The third-order valence-electron chi connectivity index (χ3n) is 6.45. The van der Waals surface area contributed by atoms with Crippen molar-refractivity contribution in [1.82, 2.24) is 14.0 Å². The predicted octanol–water partition coefficient (Wildman–Crippen LogP) is 4.78. The molecule has 170 valence electrons. The van der Waals surface area contributed by atoms with Gasteiger partial charge in [-0.1, -0.05) is 12.1 Å². The fourth-order valence-electron chi connectivity index (χ4n) is 4.56. The molecule has 0 bridgehead atoms. The molecule has 0 saturated carbocycles. The van der Waals surface area contributed by atoms with Gasteiger partial charge in [0.25, 0.3) is 5.56 Å². The maximum absolute atomic E-state index is 13.0. The highest BCUT2D eigenvalue weighted by Crippen LogP contribution is 2.25. The minimum absolute atomic E-state index is 0.153. The van der Waals surface area contributed by atoms with Crippen LogP contribution in [0, 0.1) is 5.82 Å². The Morgan fingerprint density at radius 2 is 1.79 bits per heavy atom. The fraction of sp³-hybridized carbons (Fsp3) is 0.296. The van der Waals surface area contributed by atoms with E-state index in [-0.39, 0.29) is 18.0 Å². The zero-order chi connectivity index (χ0) is 22.9. The van der Waals surface area contributed by atoms with Gasteiger partial charge in [0.2, 0.25) is 0 Å². The molecule has 5 nitrogen and oxygen atoms in total. The Morgan fingerprint density at radius 1 is 0.970 bits per heavy atom. The Balaban J connectivity index is 1.36. The SMILES string of the molecule is CC(C)N1CCc2cc3cc(-n4ccc(OCc5ccc(F)cc5)cc4=O)ccc3n2CC1. The molecular weight excluding hydrogens is 417 g/mol. The van der Waals surface area contributed by atoms with Gasteiger partial charge < -0.3 is 9.30 Å². The van der Waals surface area contributed by atoms with E-state index in [4.69, 9.17) is 4.74 Å². The molecule has 0 saturated heterocycles. The van der Waals surface area contributed by atoms with Gasteiger partial charge in [-0.25, -0.2) is 4.39 Å². The van der Waals surface area contributed by atoms with Crippen molar-refractivity contribution in [2.75, 3.05) is 13.1 Å². The fourth-order valence-corrected chi connectivity index (χ4v) is 4.56. The summed E-state index contributed by atoms with van der Waals surface area (Å²) in [7, 11) is 0. The van der Waals surface area contributed by atoms with Gasteiger partial charge in [-0.3, -0.25) is 14.3 Å². The van der Waals surface area contributed by atoms with Gasteiger partial charge in [0.1, 0.15) is 18.2 Å². The monoisotopic (exact) mass is 445 g/mol. The molecule has 2 aromatic heterocycles. The number of aromatic nitrogens is 2.